The maximum absolute atomic E-state index is 14.2. The van der Waals surface area contributed by atoms with Gasteiger partial charge in [0.25, 0.3) is 11.8 Å². The van der Waals surface area contributed by atoms with Crippen molar-refractivity contribution < 1.29 is 28.7 Å². The van der Waals surface area contributed by atoms with E-state index >= 15 is 0 Å². The number of aliphatic hydroxyl groups excluding tert-OH is 1. The fourth-order valence-electron chi connectivity index (χ4n) is 5.51. The fraction of sp³-hybridized carbons (Fsp3) is 0.312. The summed E-state index contributed by atoms with van der Waals surface area (Å²) in [4.78, 5) is 58.0. The van der Waals surface area contributed by atoms with Crippen molar-refractivity contribution in [2.24, 2.45) is 0 Å². The van der Waals surface area contributed by atoms with Gasteiger partial charge in [0.2, 0.25) is 5.91 Å². The van der Waals surface area contributed by atoms with Gasteiger partial charge < -0.3 is 30.5 Å². The molecular formula is C32H35FN6O5. The van der Waals surface area contributed by atoms with Crippen LogP contribution in [0.1, 0.15) is 50.4 Å². The van der Waals surface area contributed by atoms with E-state index in [4.69, 9.17) is 5.11 Å². The summed E-state index contributed by atoms with van der Waals surface area (Å²) < 4.78 is 14.2. The molecule has 12 heteroatoms. The Labute approximate surface area is 254 Å². The molecule has 0 unspecified atom stereocenters. The minimum absolute atomic E-state index is 0.147. The number of rotatable bonds is 7. The van der Waals surface area contributed by atoms with Crippen molar-refractivity contribution in [3.8, 4) is 0 Å². The molecule has 0 aliphatic carbocycles. The highest BCUT2D eigenvalue weighted by atomic mass is 19.1. The number of benzene rings is 2. The Hall–Kier alpha value is -4.81. The van der Waals surface area contributed by atoms with Crippen LogP contribution in [0.5, 0.6) is 0 Å². The molecule has 44 heavy (non-hydrogen) atoms. The molecule has 3 heterocycles. The van der Waals surface area contributed by atoms with E-state index in [2.05, 4.69) is 32.9 Å². The molecule has 230 valence electrons. The fourth-order valence-corrected chi connectivity index (χ4v) is 5.51. The standard InChI is InChI=1S/C32H35FN6O5/c1-18-22(8-9-29(41)39-12-10-38(3)11-13-39)19(2)34-27(18)16-25-23-7-5-21(15-28(23)36-31(25)43)35-32(44)37-30(42)24-6-4-20(17-40)14-26(24)33/h4-7,14-16,34,40H,8-13,17H2,1-3H3,(H,36,43)(H2,35,37,42,44)/b25-16-. The number of halogens is 1. The second-order valence-corrected chi connectivity index (χ2v) is 11.1. The normalized spacial score (nSPS) is 15.7. The van der Waals surface area contributed by atoms with Crippen LogP contribution < -0.4 is 16.0 Å². The van der Waals surface area contributed by atoms with Crippen LogP contribution in [-0.4, -0.2) is 76.9 Å². The van der Waals surface area contributed by atoms with Gasteiger partial charge in [0, 0.05) is 55.2 Å². The highest BCUT2D eigenvalue weighted by Crippen LogP contribution is 2.36. The summed E-state index contributed by atoms with van der Waals surface area (Å²) in [6.07, 6.45) is 2.80. The van der Waals surface area contributed by atoms with Crippen LogP contribution in [0.2, 0.25) is 0 Å². The number of nitrogens with zero attached hydrogens (tertiary/aromatic N) is 2. The van der Waals surface area contributed by atoms with Crippen LogP contribution in [0.15, 0.2) is 36.4 Å². The number of aliphatic hydroxyl groups is 1. The van der Waals surface area contributed by atoms with Crippen molar-refractivity contribution in [3.63, 3.8) is 0 Å². The molecule has 1 aromatic heterocycles. The second kappa shape index (κ2) is 12.8. The molecule has 0 atom stereocenters. The molecule has 0 radical (unpaired) electrons. The molecular weight excluding hydrogens is 567 g/mol. The third kappa shape index (κ3) is 6.56. The number of aromatic amines is 1. The first-order chi connectivity index (χ1) is 21.0. The van der Waals surface area contributed by atoms with E-state index in [1.54, 1.807) is 24.3 Å². The van der Waals surface area contributed by atoms with Gasteiger partial charge in [0.1, 0.15) is 5.82 Å². The summed E-state index contributed by atoms with van der Waals surface area (Å²) in [5.41, 5.74) is 5.59. The van der Waals surface area contributed by atoms with Gasteiger partial charge in [-0.3, -0.25) is 19.7 Å². The number of nitrogens with one attached hydrogen (secondary N) is 4. The zero-order valence-electron chi connectivity index (χ0n) is 24.8. The number of imide groups is 1. The lowest BCUT2D eigenvalue weighted by molar-refractivity contribution is -0.132. The molecule has 0 bridgehead atoms. The van der Waals surface area contributed by atoms with Gasteiger partial charge in [-0.05, 0) is 74.3 Å². The number of carbonyl (C=O) groups is 4. The Bertz CT molecular complexity index is 1670. The Morgan fingerprint density at radius 2 is 1.82 bits per heavy atom. The van der Waals surface area contributed by atoms with Crippen molar-refractivity contribution >= 4 is 46.8 Å². The van der Waals surface area contributed by atoms with Crippen molar-refractivity contribution in [2.75, 3.05) is 43.9 Å². The molecule has 5 N–H and O–H groups in total. The van der Waals surface area contributed by atoms with Crippen LogP contribution in [0.25, 0.3) is 11.6 Å². The molecule has 0 saturated carbocycles. The third-order valence-corrected chi connectivity index (χ3v) is 8.11. The maximum atomic E-state index is 14.2. The van der Waals surface area contributed by atoms with Crippen LogP contribution in [0, 0.1) is 19.7 Å². The highest BCUT2D eigenvalue weighted by molar-refractivity contribution is 6.35. The molecule has 1 fully saturated rings. The molecule has 3 aromatic rings. The Balaban J connectivity index is 1.25. The minimum Gasteiger partial charge on any atom is -0.392 e. The number of piperazine rings is 1. The predicted octanol–water partition coefficient (Wildman–Crippen LogP) is 3.42. The number of hydrogen-bond donors (Lipinski definition) is 5. The summed E-state index contributed by atoms with van der Waals surface area (Å²) in [7, 11) is 2.05. The smallest absolute Gasteiger partial charge is 0.326 e. The minimum atomic E-state index is -0.941. The average Bonchev–Trinajstić information content (AvgIpc) is 3.44. The van der Waals surface area contributed by atoms with Crippen LogP contribution >= 0.6 is 0 Å². The highest BCUT2D eigenvalue weighted by Gasteiger charge is 2.26. The van der Waals surface area contributed by atoms with Crippen molar-refractivity contribution in [1.82, 2.24) is 20.1 Å². The zero-order valence-corrected chi connectivity index (χ0v) is 24.8. The lowest BCUT2D eigenvalue weighted by Crippen LogP contribution is -2.47. The van der Waals surface area contributed by atoms with Gasteiger partial charge in [-0.1, -0.05) is 12.1 Å². The number of fused-ring (bicyclic) bond motifs is 1. The predicted molar refractivity (Wildman–Crippen MR) is 164 cm³/mol. The number of hydrogen-bond acceptors (Lipinski definition) is 6. The van der Waals surface area contributed by atoms with Crippen molar-refractivity contribution in [3.05, 3.63) is 81.4 Å². The number of H-pyrrole nitrogens is 1. The number of aryl methyl sites for hydroxylation is 1. The summed E-state index contributed by atoms with van der Waals surface area (Å²) in [6, 6.07) is 7.56. The molecule has 0 spiro atoms. The maximum Gasteiger partial charge on any atom is 0.326 e. The SMILES string of the molecule is Cc1[nH]c(/C=C2\C(=O)Nc3cc(NC(=O)NC(=O)c4ccc(CO)cc4F)ccc32)c(C)c1CCC(=O)N1CCN(C)CC1. The first-order valence-corrected chi connectivity index (χ1v) is 14.4. The first kappa shape index (κ1) is 30.6. The first-order valence-electron chi connectivity index (χ1n) is 14.4. The van der Waals surface area contributed by atoms with Crippen LogP contribution in [0.4, 0.5) is 20.6 Å². The number of amides is 5. The van der Waals surface area contributed by atoms with E-state index in [0.29, 0.717) is 40.9 Å². The molecule has 2 aliphatic heterocycles. The Morgan fingerprint density at radius 3 is 2.52 bits per heavy atom. The molecule has 5 amide bonds. The topological polar surface area (TPSA) is 147 Å². The van der Waals surface area contributed by atoms with Gasteiger partial charge in [-0.25, -0.2) is 9.18 Å². The van der Waals surface area contributed by atoms with Gasteiger partial charge >= 0.3 is 6.03 Å². The quantitative estimate of drug-likeness (QED) is 0.262. The zero-order chi connectivity index (χ0) is 31.5. The average molecular weight is 603 g/mol. The van der Waals surface area contributed by atoms with Gasteiger partial charge in [0.15, 0.2) is 0 Å². The van der Waals surface area contributed by atoms with E-state index in [9.17, 15) is 23.6 Å². The number of likely N-dealkylation sites (N-methyl/N-ethyl adjacent to an activating group) is 1. The summed E-state index contributed by atoms with van der Waals surface area (Å²) in [5.74, 6) is -1.96. The van der Waals surface area contributed by atoms with Crippen molar-refractivity contribution in [1.29, 1.82) is 0 Å². The molecule has 11 nitrogen and oxygen atoms in total. The largest absolute Gasteiger partial charge is 0.392 e. The van der Waals surface area contributed by atoms with Crippen molar-refractivity contribution in [2.45, 2.75) is 33.3 Å². The van der Waals surface area contributed by atoms with Gasteiger partial charge in [-0.15, -0.1) is 0 Å². The summed E-state index contributed by atoms with van der Waals surface area (Å²) in [6.45, 7) is 6.79. The van der Waals surface area contributed by atoms with E-state index < -0.39 is 17.8 Å². The second-order valence-electron chi connectivity index (χ2n) is 11.1. The Morgan fingerprint density at radius 1 is 1.07 bits per heavy atom. The van der Waals surface area contributed by atoms with E-state index in [-0.39, 0.29) is 24.0 Å². The number of urea groups is 1. The monoisotopic (exact) mass is 602 g/mol. The van der Waals surface area contributed by atoms with E-state index in [1.807, 2.05) is 18.7 Å². The third-order valence-electron chi connectivity index (χ3n) is 8.11. The lowest BCUT2D eigenvalue weighted by Gasteiger charge is -2.32. The number of aromatic nitrogens is 1. The number of carbonyl (C=O) groups excluding carboxylic acids is 4. The van der Waals surface area contributed by atoms with Crippen LogP contribution in [0.3, 0.4) is 0 Å². The van der Waals surface area contributed by atoms with Gasteiger partial charge in [0.05, 0.1) is 23.4 Å². The summed E-state index contributed by atoms with van der Waals surface area (Å²) in [5, 5.41) is 16.5. The number of anilines is 2. The van der Waals surface area contributed by atoms with E-state index in [1.165, 1.54) is 12.1 Å². The van der Waals surface area contributed by atoms with Crippen LogP contribution in [-0.2, 0) is 22.6 Å². The summed E-state index contributed by atoms with van der Waals surface area (Å²) >= 11 is 0. The molecule has 2 aromatic carbocycles. The Kier molecular flexibility index (Phi) is 8.93. The van der Waals surface area contributed by atoms with Gasteiger partial charge in [-0.2, -0.15) is 0 Å². The lowest BCUT2D eigenvalue weighted by atomic mass is 10.0. The molecule has 2 aliphatic rings. The molecule has 1 saturated heterocycles. The molecule has 5 rings (SSSR count). The van der Waals surface area contributed by atoms with E-state index in [0.717, 1.165) is 54.8 Å².